The number of likely N-dealkylation sites (N-methyl/N-ethyl adjacent to an activating group) is 1. The van der Waals surface area contributed by atoms with Crippen LogP contribution in [0.4, 0.5) is 0 Å². The highest BCUT2D eigenvalue weighted by Gasteiger charge is 2.18. The van der Waals surface area contributed by atoms with Crippen LogP contribution in [0.3, 0.4) is 0 Å². The van der Waals surface area contributed by atoms with E-state index in [1.165, 1.54) is 0 Å². The predicted molar refractivity (Wildman–Crippen MR) is 59.3 cm³/mol. The first kappa shape index (κ1) is 14.1. The number of aliphatic hydroxyl groups excluding tert-OH is 1. The lowest BCUT2D eigenvalue weighted by Crippen LogP contribution is -2.46. The molecule has 0 spiro atoms. The topological polar surface area (TPSA) is 46.5 Å². The van der Waals surface area contributed by atoms with E-state index in [0.717, 1.165) is 0 Å². The van der Waals surface area contributed by atoms with E-state index in [0.29, 0.717) is 29.8 Å². The zero-order chi connectivity index (χ0) is 12.1. The largest absolute Gasteiger partial charge is 0.456 e. The van der Waals surface area contributed by atoms with Crippen LogP contribution in [0.25, 0.3) is 0 Å². The second-order valence-electron chi connectivity index (χ2n) is 4.61. The SMILES string of the molecule is C=C(C)C(=O)OCC[N+](C)(C)CC(C)O. The van der Waals surface area contributed by atoms with Gasteiger partial charge in [-0.25, -0.2) is 4.79 Å². The number of rotatable bonds is 6. The molecule has 0 bridgehead atoms. The fourth-order valence-electron chi connectivity index (χ4n) is 1.32. The Morgan fingerprint density at radius 1 is 1.53 bits per heavy atom. The van der Waals surface area contributed by atoms with Crippen LogP contribution in [0.2, 0.25) is 0 Å². The standard InChI is InChI=1S/C11H22NO3/c1-9(2)11(14)15-7-6-12(4,5)8-10(3)13/h10,13H,1,6-8H2,2-5H3/q+1. The maximum atomic E-state index is 11.1. The van der Waals surface area contributed by atoms with Crippen LogP contribution in [0.15, 0.2) is 12.2 Å². The third kappa shape index (κ3) is 7.11. The van der Waals surface area contributed by atoms with Crippen molar-refractivity contribution in [2.45, 2.75) is 20.0 Å². The molecular weight excluding hydrogens is 194 g/mol. The second-order valence-corrected chi connectivity index (χ2v) is 4.61. The van der Waals surface area contributed by atoms with Gasteiger partial charge in [-0.2, -0.15) is 0 Å². The maximum Gasteiger partial charge on any atom is 0.333 e. The molecule has 0 aliphatic carbocycles. The summed E-state index contributed by atoms with van der Waals surface area (Å²) in [5, 5.41) is 9.25. The Morgan fingerprint density at radius 3 is 2.47 bits per heavy atom. The van der Waals surface area contributed by atoms with Gasteiger partial charge in [-0.1, -0.05) is 6.58 Å². The maximum absolute atomic E-state index is 11.1. The van der Waals surface area contributed by atoms with Crippen molar-refractivity contribution in [1.82, 2.24) is 0 Å². The molecule has 1 unspecified atom stereocenters. The van der Waals surface area contributed by atoms with E-state index in [1.807, 2.05) is 14.1 Å². The molecule has 0 aromatic carbocycles. The van der Waals surface area contributed by atoms with Crippen molar-refractivity contribution in [1.29, 1.82) is 0 Å². The molecule has 0 aromatic heterocycles. The Hall–Kier alpha value is -0.870. The summed E-state index contributed by atoms with van der Waals surface area (Å²) in [6.07, 6.45) is -0.350. The zero-order valence-electron chi connectivity index (χ0n) is 10.1. The third-order valence-electron chi connectivity index (χ3n) is 2.04. The van der Waals surface area contributed by atoms with Gasteiger partial charge in [0.25, 0.3) is 0 Å². The summed E-state index contributed by atoms with van der Waals surface area (Å²) in [6, 6.07) is 0. The van der Waals surface area contributed by atoms with Crippen molar-refractivity contribution < 1.29 is 19.1 Å². The van der Waals surface area contributed by atoms with Gasteiger partial charge in [0.15, 0.2) is 0 Å². The fourth-order valence-corrected chi connectivity index (χ4v) is 1.32. The van der Waals surface area contributed by atoms with Crippen LogP contribution in [0.5, 0.6) is 0 Å². The molecule has 88 valence electrons. The van der Waals surface area contributed by atoms with Gasteiger partial charge in [-0.3, -0.25) is 0 Å². The number of hydrogen-bond acceptors (Lipinski definition) is 3. The molecule has 0 aliphatic heterocycles. The number of ether oxygens (including phenoxy) is 1. The Bertz CT molecular complexity index is 234. The fraction of sp³-hybridized carbons (Fsp3) is 0.727. The molecule has 0 aromatic rings. The summed E-state index contributed by atoms with van der Waals surface area (Å²) in [7, 11) is 3.97. The van der Waals surface area contributed by atoms with Gasteiger partial charge in [-0.05, 0) is 13.8 Å². The summed E-state index contributed by atoms with van der Waals surface area (Å²) in [5.41, 5.74) is 0.413. The average molecular weight is 216 g/mol. The van der Waals surface area contributed by atoms with Crippen molar-refractivity contribution in [3.05, 3.63) is 12.2 Å². The van der Waals surface area contributed by atoms with Gasteiger partial charge >= 0.3 is 5.97 Å². The number of quaternary nitrogens is 1. The van der Waals surface area contributed by atoms with Crippen molar-refractivity contribution in [3.63, 3.8) is 0 Å². The molecule has 0 fully saturated rings. The van der Waals surface area contributed by atoms with Crippen LogP contribution < -0.4 is 0 Å². The van der Waals surface area contributed by atoms with Gasteiger partial charge in [-0.15, -0.1) is 0 Å². The van der Waals surface area contributed by atoms with Gasteiger partial charge in [0.1, 0.15) is 25.8 Å². The van der Waals surface area contributed by atoms with Gasteiger partial charge in [0.05, 0.1) is 14.1 Å². The molecule has 4 nitrogen and oxygen atoms in total. The van der Waals surface area contributed by atoms with Crippen molar-refractivity contribution >= 4 is 5.97 Å². The minimum atomic E-state index is -0.355. The summed E-state index contributed by atoms with van der Waals surface area (Å²) in [6.45, 7) is 8.55. The number of nitrogens with zero attached hydrogens (tertiary/aromatic N) is 1. The number of aliphatic hydroxyl groups is 1. The van der Waals surface area contributed by atoms with E-state index in [1.54, 1.807) is 13.8 Å². The number of esters is 1. The highest BCUT2D eigenvalue weighted by molar-refractivity contribution is 5.86. The highest BCUT2D eigenvalue weighted by atomic mass is 16.5. The lowest BCUT2D eigenvalue weighted by Gasteiger charge is -2.30. The molecule has 4 heteroatoms. The quantitative estimate of drug-likeness (QED) is 0.401. The molecular formula is C11H22NO3+. The second kappa shape index (κ2) is 5.88. The third-order valence-corrected chi connectivity index (χ3v) is 2.04. The normalized spacial score (nSPS) is 13.4. The lowest BCUT2D eigenvalue weighted by atomic mass is 10.3. The highest BCUT2D eigenvalue weighted by Crippen LogP contribution is 2.00. The van der Waals surface area contributed by atoms with Gasteiger partial charge < -0.3 is 14.3 Å². The molecule has 0 aliphatic rings. The van der Waals surface area contributed by atoms with Crippen LogP contribution in [0, 0.1) is 0 Å². The monoisotopic (exact) mass is 216 g/mol. The molecule has 0 heterocycles. The van der Waals surface area contributed by atoms with Crippen LogP contribution in [0.1, 0.15) is 13.8 Å². The first-order valence-corrected chi connectivity index (χ1v) is 5.07. The van der Waals surface area contributed by atoms with Crippen molar-refractivity contribution in [3.8, 4) is 0 Å². The molecule has 0 saturated carbocycles. The molecule has 0 amide bonds. The Balaban J connectivity index is 3.84. The molecule has 0 saturated heterocycles. The van der Waals surface area contributed by atoms with E-state index in [2.05, 4.69) is 6.58 Å². The number of hydrogen-bond donors (Lipinski definition) is 1. The van der Waals surface area contributed by atoms with Crippen LogP contribution in [-0.4, -0.2) is 55.5 Å². The Labute approximate surface area is 91.7 Å². The summed E-state index contributed by atoms with van der Waals surface area (Å²) >= 11 is 0. The zero-order valence-corrected chi connectivity index (χ0v) is 10.1. The molecule has 0 rings (SSSR count). The van der Waals surface area contributed by atoms with E-state index < -0.39 is 0 Å². The lowest BCUT2D eigenvalue weighted by molar-refractivity contribution is -0.893. The summed E-state index contributed by atoms with van der Waals surface area (Å²) < 4.78 is 5.61. The first-order valence-electron chi connectivity index (χ1n) is 5.07. The van der Waals surface area contributed by atoms with Gasteiger partial charge in [0.2, 0.25) is 0 Å². The Morgan fingerprint density at radius 2 is 2.07 bits per heavy atom. The first-order chi connectivity index (χ1) is 6.74. The minimum absolute atomic E-state index is 0.350. The summed E-state index contributed by atoms with van der Waals surface area (Å²) in [5.74, 6) is -0.355. The van der Waals surface area contributed by atoms with Crippen molar-refractivity contribution in [2.24, 2.45) is 0 Å². The van der Waals surface area contributed by atoms with E-state index in [4.69, 9.17) is 4.74 Å². The van der Waals surface area contributed by atoms with E-state index in [-0.39, 0.29) is 12.1 Å². The van der Waals surface area contributed by atoms with E-state index >= 15 is 0 Å². The molecule has 1 N–H and O–H groups in total. The molecule has 1 atom stereocenters. The molecule has 15 heavy (non-hydrogen) atoms. The van der Waals surface area contributed by atoms with Crippen LogP contribution in [-0.2, 0) is 9.53 Å². The summed E-state index contributed by atoms with van der Waals surface area (Å²) in [4.78, 5) is 11.1. The predicted octanol–water partition coefficient (Wildman–Crippen LogP) is 0.563. The Kier molecular flexibility index (Phi) is 5.54. The average Bonchev–Trinajstić information content (AvgIpc) is 2.00. The molecule has 0 radical (unpaired) electrons. The van der Waals surface area contributed by atoms with Crippen molar-refractivity contribution in [2.75, 3.05) is 33.8 Å². The number of carbonyl (C=O) groups is 1. The minimum Gasteiger partial charge on any atom is -0.456 e. The van der Waals surface area contributed by atoms with E-state index in [9.17, 15) is 9.90 Å². The van der Waals surface area contributed by atoms with Crippen LogP contribution >= 0.6 is 0 Å². The van der Waals surface area contributed by atoms with Gasteiger partial charge in [0, 0.05) is 5.57 Å². The number of carbonyl (C=O) groups excluding carboxylic acids is 1. The smallest absolute Gasteiger partial charge is 0.333 e.